The largest absolute Gasteiger partial charge is 0.508 e. The van der Waals surface area contributed by atoms with Crippen molar-refractivity contribution < 1.29 is 27.4 Å². The molecule has 2 atom stereocenters. The van der Waals surface area contributed by atoms with E-state index < -0.39 is 28.5 Å². The lowest BCUT2D eigenvalue weighted by atomic mass is 9.89. The quantitative estimate of drug-likeness (QED) is 0.236. The van der Waals surface area contributed by atoms with Gasteiger partial charge >= 0.3 is 6.01 Å². The minimum atomic E-state index is -2.65. The van der Waals surface area contributed by atoms with Crippen molar-refractivity contribution in [3.05, 3.63) is 47.7 Å². The summed E-state index contributed by atoms with van der Waals surface area (Å²) >= 11 is 0. The average Bonchev–Trinajstić information content (AvgIpc) is 3.84. The minimum absolute atomic E-state index is 0.00848. The maximum atomic E-state index is 16.6. The fraction of sp³-hybridized carbons (Fsp3) is 0.485. The van der Waals surface area contributed by atoms with E-state index in [2.05, 4.69) is 14.9 Å². The number of anilines is 1. The topological polar surface area (TPSA) is 74.6 Å². The molecule has 2 saturated carbocycles. The summed E-state index contributed by atoms with van der Waals surface area (Å²) in [5, 5.41) is 12.0. The second kappa shape index (κ2) is 9.39. The molecule has 2 aliphatic heterocycles. The third-order valence-corrected chi connectivity index (χ3v) is 10.4. The van der Waals surface area contributed by atoms with Gasteiger partial charge in [-0.3, -0.25) is 9.88 Å². The van der Waals surface area contributed by atoms with Gasteiger partial charge in [-0.05, 0) is 79.6 Å². The molecule has 8 rings (SSSR count). The number of hydrogen-bond donors (Lipinski definition) is 1. The molecule has 1 N–H and O–H groups in total. The summed E-state index contributed by atoms with van der Waals surface area (Å²) in [7, 11) is 1.89. The zero-order valence-electron chi connectivity index (χ0n) is 24.6. The molecule has 11 heteroatoms. The van der Waals surface area contributed by atoms with E-state index in [-0.39, 0.29) is 47.6 Å². The lowest BCUT2D eigenvalue weighted by Crippen LogP contribution is -2.43. The van der Waals surface area contributed by atoms with Gasteiger partial charge in [0.25, 0.3) is 5.92 Å². The number of aromatic hydroxyl groups is 1. The molecule has 0 bridgehead atoms. The van der Waals surface area contributed by atoms with Crippen molar-refractivity contribution in [2.45, 2.75) is 69.4 Å². The predicted molar refractivity (Wildman–Crippen MR) is 158 cm³/mol. The highest BCUT2D eigenvalue weighted by molar-refractivity contribution is 6.01. The Labute approximate surface area is 251 Å². The number of rotatable bonds is 7. The summed E-state index contributed by atoms with van der Waals surface area (Å²) in [5.74, 6) is -3.43. The van der Waals surface area contributed by atoms with E-state index in [1.807, 2.05) is 18.9 Å². The van der Waals surface area contributed by atoms with E-state index in [0.717, 1.165) is 32.2 Å². The normalized spacial score (nSPS) is 25.7. The summed E-state index contributed by atoms with van der Waals surface area (Å²) in [5.41, 5.74) is -0.925. The number of ether oxygens (including phenoxy) is 1. The van der Waals surface area contributed by atoms with Crippen LogP contribution in [0.4, 0.5) is 23.4 Å². The number of aryl methyl sites for hydroxylation is 1. The molecule has 1 spiro atoms. The molecule has 0 radical (unpaired) electrons. The van der Waals surface area contributed by atoms with E-state index in [1.54, 1.807) is 6.07 Å². The molecule has 2 aromatic carbocycles. The lowest BCUT2D eigenvalue weighted by molar-refractivity contribution is 0.0647. The Hall–Kier alpha value is -3.73. The van der Waals surface area contributed by atoms with Crippen LogP contribution in [0.15, 0.2) is 30.5 Å². The van der Waals surface area contributed by atoms with Crippen LogP contribution in [0.2, 0.25) is 0 Å². The molecule has 4 heterocycles. The molecule has 2 saturated heterocycles. The highest BCUT2D eigenvalue weighted by Crippen LogP contribution is 2.69. The van der Waals surface area contributed by atoms with Gasteiger partial charge in [0.05, 0.1) is 16.3 Å². The summed E-state index contributed by atoms with van der Waals surface area (Å²) in [6.45, 7) is 3.06. The van der Waals surface area contributed by atoms with Crippen LogP contribution in [0, 0.1) is 17.0 Å². The Balaban J connectivity index is 1.23. The van der Waals surface area contributed by atoms with Crippen LogP contribution in [0.3, 0.4) is 0 Å². The number of pyridine rings is 1. The number of fused-ring (bicyclic) bond motifs is 3. The van der Waals surface area contributed by atoms with Crippen molar-refractivity contribution in [1.82, 2.24) is 19.9 Å². The molecule has 7 nitrogen and oxygen atoms in total. The number of halogens is 4. The number of alkyl halides is 2. The number of aromatic nitrogens is 3. The van der Waals surface area contributed by atoms with Gasteiger partial charge in [0.15, 0.2) is 5.82 Å². The predicted octanol–water partition coefficient (Wildman–Crippen LogP) is 6.63. The van der Waals surface area contributed by atoms with Crippen LogP contribution in [-0.2, 0) is 6.42 Å². The number of benzene rings is 2. The van der Waals surface area contributed by atoms with E-state index >= 15 is 4.39 Å². The molecule has 44 heavy (non-hydrogen) atoms. The van der Waals surface area contributed by atoms with Gasteiger partial charge in [-0.2, -0.15) is 9.97 Å². The number of hydrogen-bond acceptors (Lipinski definition) is 7. The molecule has 4 aromatic rings. The first-order valence-electron chi connectivity index (χ1n) is 15.3. The molecule has 2 aromatic heterocycles. The Kier molecular flexibility index (Phi) is 5.93. The van der Waals surface area contributed by atoms with Gasteiger partial charge in [-0.1, -0.05) is 13.0 Å². The zero-order valence-corrected chi connectivity index (χ0v) is 24.6. The third kappa shape index (κ3) is 4.07. The molecular formula is C33H33F4N5O2. The van der Waals surface area contributed by atoms with E-state index in [4.69, 9.17) is 9.72 Å². The van der Waals surface area contributed by atoms with Crippen molar-refractivity contribution in [3.63, 3.8) is 0 Å². The lowest BCUT2D eigenvalue weighted by Gasteiger charge is -2.31. The molecular weight excluding hydrogens is 574 g/mol. The van der Waals surface area contributed by atoms with Gasteiger partial charge < -0.3 is 14.7 Å². The molecule has 2 aliphatic carbocycles. The average molecular weight is 608 g/mol. The van der Waals surface area contributed by atoms with Gasteiger partial charge in [-0.15, -0.1) is 0 Å². The van der Waals surface area contributed by atoms with Crippen molar-refractivity contribution in [2.75, 3.05) is 31.6 Å². The van der Waals surface area contributed by atoms with Crippen LogP contribution in [0.5, 0.6) is 11.8 Å². The number of nitrogens with zero attached hydrogens (tertiary/aromatic N) is 5. The maximum absolute atomic E-state index is 16.6. The van der Waals surface area contributed by atoms with E-state index in [0.29, 0.717) is 46.9 Å². The third-order valence-electron chi connectivity index (χ3n) is 10.4. The fourth-order valence-corrected chi connectivity index (χ4v) is 7.86. The molecule has 230 valence electrons. The van der Waals surface area contributed by atoms with Crippen molar-refractivity contribution in [3.8, 4) is 23.0 Å². The highest BCUT2D eigenvalue weighted by atomic mass is 19.3. The fourth-order valence-electron chi connectivity index (χ4n) is 7.86. The van der Waals surface area contributed by atoms with Crippen molar-refractivity contribution in [2.24, 2.45) is 5.41 Å². The summed E-state index contributed by atoms with van der Waals surface area (Å²) < 4.78 is 66.5. The summed E-state index contributed by atoms with van der Waals surface area (Å²) in [6, 6.07) is 6.02. The first-order valence-corrected chi connectivity index (χ1v) is 15.3. The SMILES string of the molecule is CCc1c(F)ccc2cc(O)cc(-c3ncc4c(N(C)C5CC5)nc(OC[C@@]56CCCN5C[C@@]5(CC5(F)F)C6)nc4c3F)c12. The van der Waals surface area contributed by atoms with E-state index in [9.17, 15) is 18.3 Å². The Bertz CT molecular complexity index is 1850. The summed E-state index contributed by atoms with van der Waals surface area (Å²) in [4.78, 5) is 17.8. The monoisotopic (exact) mass is 607 g/mol. The smallest absolute Gasteiger partial charge is 0.319 e. The minimum Gasteiger partial charge on any atom is -0.508 e. The first-order chi connectivity index (χ1) is 21.0. The Morgan fingerprint density at radius 2 is 1.93 bits per heavy atom. The molecule has 0 amide bonds. The van der Waals surface area contributed by atoms with Crippen molar-refractivity contribution in [1.29, 1.82) is 0 Å². The Morgan fingerprint density at radius 3 is 2.66 bits per heavy atom. The first kappa shape index (κ1) is 27.8. The second-order valence-electron chi connectivity index (χ2n) is 13.2. The van der Waals surface area contributed by atoms with Gasteiger partial charge in [-0.25, -0.2) is 17.6 Å². The van der Waals surface area contributed by atoms with Crippen LogP contribution in [0.25, 0.3) is 32.9 Å². The number of phenolic OH excluding ortho intramolecular Hbond substituents is 1. The highest BCUT2D eigenvalue weighted by Gasteiger charge is 2.77. The van der Waals surface area contributed by atoms with E-state index in [1.165, 1.54) is 24.4 Å². The Morgan fingerprint density at radius 1 is 1.14 bits per heavy atom. The maximum Gasteiger partial charge on any atom is 0.319 e. The van der Waals surface area contributed by atoms with Crippen LogP contribution >= 0.6 is 0 Å². The molecule has 4 aliphatic rings. The van der Waals surface area contributed by atoms with Crippen LogP contribution in [-0.4, -0.2) is 69.2 Å². The zero-order chi connectivity index (χ0) is 30.6. The number of phenols is 1. The van der Waals surface area contributed by atoms with Crippen LogP contribution < -0.4 is 9.64 Å². The molecule has 0 unspecified atom stereocenters. The van der Waals surface area contributed by atoms with Gasteiger partial charge in [0.1, 0.15) is 35.2 Å². The second-order valence-corrected chi connectivity index (χ2v) is 13.2. The summed E-state index contributed by atoms with van der Waals surface area (Å²) in [6.07, 6.45) is 5.74. The standard InChI is InChI=1S/C33H33F4N5O2/c1-3-21-24(34)8-5-18-11-20(43)12-22(25(18)21)27-26(35)28-23(13-38-27)29(41(2)19-6-7-19)40-30(39-28)44-17-32-9-4-10-42(32)16-31(14-32)15-33(31,36)37/h5,8,11-13,19,43H,3-4,6-7,9-10,14-17H2,1-2H3/t31-,32-/m0/s1. The van der Waals surface area contributed by atoms with Gasteiger partial charge in [0, 0.05) is 37.8 Å². The van der Waals surface area contributed by atoms with Gasteiger partial charge in [0.2, 0.25) is 0 Å². The molecule has 4 fully saturated rings. The van der Waals surface area contributed by atoms with Crippen LogP contribution in [0.1, 0.15) is 51.0 Å². The van der Waals surface area contributed by atoms with Crippen molar-refractivity contribution >= 4 is 27.5 Å².